The highest BCUT2D eigenvalue weighted by Crippen LogP contribution is 2.15. The lowest BCUT2D eigenvalue weighted by Crippen LogP contribution is -1.97. The van der Waals surface area contributed by atoms with Crippen molar-refractivity contribution in [2.45, 2.75) is 59.8 Å². The molecule has 72 valence electrons. The lowest BCUT2D eigenvalue weighted by Gasteiger charge is -2.10. The van der Waals surface area contributed by atoms with Crippen LogP contribution in [0.2, 0.25) is 0 Å². The van der Waals surface area contributed by atoms with Gasteiger partial charge in [-0.25, -0.2) is 0 Å². The Kier molecular flexibility index (Phi) is 6.14. The van der Waals surface area contributed by atoms with Gasteiger partial charge in [-0.2, -0.15) is 0 Å². The number of unbranched alkanes of at least 4 members (excludes halogenated alkanes) is 4. The molecule has 0 rings (SSSR count). The quantitative estimate of drug-likeness (QED) is 0.417. The molecule has 0 aliphatic heterocycles. The molecule has 0 radical (unpaired) electrons. The summed E-state index contributed by atoms with van der Waals surface area (Å²) in [5.74, 6) is 0. The predicted octanol–water partition coefficient (Wildman–Crippen LogP) is 4.56. The van der Waals surface area contributed by atoms with E-state index in [9.17, 15) is 0 Å². The fourth-order valence-corrected chi connectivity index (χ4v) is 1.13. The fourth-order valence-electron chi connectivity index (χ4n) is 1.13. The summed E-state index contributed by atoms with van der Waals surface area (Å²) in [6, 6.07) is 0. The van der Waals surface area contributed by atoms with Gasteiger partial charge in [0.05, 0.1) is 0 Å². The molecule has 0 aromatic rings. The average Bonchev–Trinajstić information content (AvgIpc) is 1.94. The summed E-state index contributed by atoms with van der Waals surface area (Å²) in [6.45, 7) is 8.99. The van der Waals surface area contributed by atoms with E-state index in [0.29, 0.717) is 5.41 Å². The van der Waals surface area contributed by atoms with Gasteiger partial charge in [-0.05, 0) is 18.3 Å². The first-order valence-corrected chi connectivity index (χ1v) is 5.24. The molecule has 0 N–H and O–H groups in total. The van der Waals surface area contributed by atoms with Crippen molar-refractivity contribution in [3.63, 3.8) is 0 Å². The minimum Gasteiger partial charge on any atom is -0.0880 e. The normalized spacial score (nSPS) is 12.7. The highest BCUT2D eigenvalue weighted by Gasteiger charge is 2.02. The molecule has 0 unspecified atom stereocenters. The van der Waals surface area contributed by atoms with Gasteiger partial charge in [-0.1, -0.05) is 59.1 Å². The second kappa shape index (κ2) is 6.28. The molecule has 0 heterocycles. The van der Waals surface area contributed by atoms with Crippen LogP contribution in [0.5, 0.6) is 0 Å². The summed E-state index contributed by atoms with van der Waals surface area (Å²) in [4.78, 5) is 0. The van der Waals surface area contributed by atoms with Crippen molar-refractivity contribution in [1.82, 2.24) is 0 Å². The molecule has 0 aliphatic carbocycles. The zero-order valence-corrected chi connectivity index (χ0v) is 9.19. The van der Waals surface area contributed by atoms with E-state index in [1.165, 1.54) is 32.1 Å². The minimum atomic E-state index is 0.366. The van der Waals surface area contributed by atoms with Crippen molar-refractivity contribution >= 4 is 0 Å². The van der Waals surface area contributed by atoms with Crippen molar-refractivity contribution in [1.29, 1.82) is 0 Å². The summed E-state index contributed by atoms with van der Waals surface area (Å²) in [5.41, 5.74) is 0.366. The highest BCUT2D eigenvalue weighted by atomic mass is 14.1. The largest absolute Gasteiger partial charge is 0.0880 e. The lowest BCUT2D eigenvalue weighted by molar-refractivity contribution is 0.540. The van der Waals surface area contributed by atoms with Crippen LogP contribution in [-0.2, 0) is 0 Å². The molecule has 0 saturated heterocycles. The van der Waals surface area contributed by atoms with Crippen molar-refractivity contribution in [3.8, 4) is 0 Å². The van der Waals surface area contributed by atoms with Crippen molar-refractivity contribution in [2.75, 3.05) is 0 Å². The van der Waals surface area contributed by atoms with E-state index in [-0.39, 0.29) is 0 Å². The molecular formula is C12H24. The van der Waals surface area contributed by atoms with Crippen LogP contribution in [0.25, 0.3) is 0 Å². The Morgan fingerprint density at radius 2 is 1.67 bits per heavy atom. The maximum atomic E-state index is 2.33. The fraction of sp³-hybridized carbons (Fsp3) is 0.833. The maximum Gasteiger partial charge on any atom is -0.0203 e. The summed E-state index contributed by atoms with van der Waals surface area (Å²) in [5, 5.41) is 0. The molecule has 0 amide bonds. The smallest absolute Gasteiger partial charge is 0.0203 e. The van der Waals surface area contributed by atoms with E-state index in [1.54, 1.807) is 0 Å². The van der Waals surface area contributed by atoms with Gasteiger partial charge in [-0.15, -0.1) is 0 Å². The highest BCUT2D eigenvalue weighted by molar-refractivity contribution is 4.91. The van der Waals surface area contributed by atoms with E-state index in [2.05, 4.69) is 39.8 Å². The van der Waals surface area contributed by atoms with Crippen LogP contribution < -0.4 is 0 Å². The third-order valence-electron chi connectivity index (χ3n) is 1.84. The Hall–Kier alpha value is -0.260. The molecule has 12 heavy (non-hydrogen) atoms. The molecule has 0 aromatic heterocycles. The predicted molar refractivity (Wildman–Crippen MR) is 57.4 cm³/mol. The molecular weight excluding hydrogens is 144 g/mol. The maximum absolute atomic E-state index is 2.33. The molecule has 0 atom stereocenters. The monoisotopic (exact) mass is 168 g/mol. The van der Waals surface area contributed by atoms with E-state index in [0.717, 1.165) is 0 Å². The number of rotatable bonds is 5. The second-order valence-corrected chi connectivity index (χ2v) is 4.62. The summed E-state index contributed by atoms with van der Waals surface area (Å²) in [7, 11) is 0. The molecule has 0 aromatic carbocycles. The Morgan fingerprint density at radius 1 is 1.00 bits per heavy atom. The van der Waals surface area contributed by atoms with Gasteiger partial charge in [0.1, 0.15) is 0 Å². The third-order valence-corrected chi connectivity index (χ3v) is 1.84. The SMILES string of the molecule is CCCCCC/C=C/C(C)(C)C. The first-order valence-electron chi connectivity index (χ1n) is 5.24. The first-order chi connectivity index (χ1) is 5.56. The van der Waals surface area contributed by atoms with Crippen LogP contribution in [-0.4, -0.2) is 0 Å². The third kappa shape index (κ3) is 9.74. The van der Waals surface area contributed by atoms with E-state index in [1.807, 2.05) is 0 Å². The van der Waals surface area contributed by atoms with Gasteiger partial charge in [-0.3, -0.25) is 0 Å². The summed E-state index contributed by atoms with van der Waals surface area (Å²) >= 11 is 0. The van der Waals surface area contributed by atoms with Crippen LogP contribution in [0.3, 0.4) is 0 Å². The lowest BCUT2D eigenvalue weighted by atomic mass is 9.96. The number of hydrogen-bond acceptors (Lipinski definition) is 0. The molecule has 0 saturated carbocycles. The zero-order chi connectivity index (χ0) is 9.45. The molecule has 0 bridgehead atoms. The van der Waals surface area contributed by atoms with E-state index >= 15 is 0 Å². The van der Waals surface area contributed by atoms with E-state index < -0.39 is 0 Å². The topological polar surface area (TPSA) is 0 Å². The average molecular weight is 168 g/mol. The number of allylic oxidation sites excluding steroid dienone is 2. The Labute approximate surface area is 78.1 Å². The van der Waals surface area contributed by atoms with Gasteiger partial charge < -0.3 is 0 Å². The van der Waals surface area contributed by atoms with Crippen LogP contribution >= 0.6 is 0 Å². The van der Waals surface area contributed by atoms with E-state index in [4.69, 9.17) is 0 Å². The Morgan fingerprint density at radius 3 is 2.17 bits per heavy atom. The Balaban J connectivity index is 3.25. The van der Waals surface area contributed by atoms with Gasteiger partial charge in [0.15, 0.2) is 0 Å². The van der Waals surface area contributed by atoms with Gasteiger partial charge in [0, 0.05) is 0 Å². The van der Waals surface area contributed by atoms with Gasteiger partial charge in [0.25, 0.3) is 0 Å². The zero-order valence-electron chi connectivity index (χ0n) is 9.19. The molecule has 0 aliphatic rings. The van der Waals surface area contributed by atoms with Gasteiger partial charge >= 0.3 is 0 Å². The summed E-state index contributed by atoms with van der Waals surface area (Å²) < 4.78 is 0. The molecule has 0 heteroatoms. The van der Waals surface area contributed by atoms with Crippen molar-refractivity contribution in [3.05, 3.63) is 12.2 Å². The Bertz CT molecular complexity index is 114. The standard InChI is InChI=1S/C12H24/c1-5-6-7-8-9-10-11-12(2,3)4/h10-11H,5-9H2,1-4H3/b11-10+. The van der Waals surface area contributed by atoms with Crippen LogP contribution in [0.4, 0.5) is 0 Å². The number of hydrogen-bond donors (Lipinski definition) is 0. The molecule has 0 fully saturated rings. The van der Waals surface area contributed by atoms with Crippen LogP contribution in [0.15, 0.2) is 12.2 Å². The first kappa shape index (κ1) is 11.7. The molecule has 0 nitrogen and oxygen atoms in total. The second-order valence-electron chi connectivity index (χ2n) is 4.62. The summed E-state index contributed by atoms with van der Waals surface area (Å²) in [6.07, 6.45) is 11.4. The van der Waals surface area contributed by atoms with Crippen molar-refractivity contribution in [2.24, 2.45) is 5.41 Å². The molecule has 0 spiro atoms. The van der Waals surface area contributed by atoms with Crippen LogP contribution in [0.1, 0.15) is 59.8 Å². The van der Waals surface area contributed by atoms with Gasteiger partial charge in [0.2, 0.25) is 0 Å². The minimum absolute atomic E-state index is 0.366. The van der Waals surface area contributed by atoms with Crippen LogP contribution in [0, 0.1) is 5.41 Å². The van der Waals surface area contributed by atoms with Crippen molar-refractivity contribution < 1.29 is 0 Å².